The number of carbonyl (C=O) groups excluding carboxylic acids is 1. The molecule has 10 heteroatoms. The predicted molar refractivity (Wildman–Crippen MR) is 130 cm³/mol. The van der Waals surface area contributed by atoms with Gasteiger partial charge < -0.3 is 4.74 Å². The molecule has 1 amide bonds. The van der Waals surface area contributed by atoms with Crippen molar-refractivity contribution in [2.75, 3.05) is 16.6 Å². The predicted octanol–water partition coefficient (Wildman–Crippen LogP) is 5.40. The van der Waals surface area contributed by atoms with E-state index in [1.165, 1.54) is 47.7 Å². The molecule has 3 aromatic carbocycles. The van der Waals surface area contributed by atoms with Crippen molar-refractivity contribution in [2.24, 2.45) is 0 Å². The van der Waals surface area contributed by atoms with Gasteiger partial charge in [-0.2, -0.15) is 0 Å². The van der Waals surface area contributed by atoms with Gasteiger partial charge in [-0.15, -0.1) is 11.3 Å². The van der Waals surface area contributed by atoms with E-state index in [0.717, 1.165) is 29.1 Å². The molecule has 34 heavy (non-hydrogen) atoms. The lowest BCUT2D eigenvalue weighted by atomic mass is 10.2. The zero-order valence-electron chi connectivity index (χ0n) is 18.0. The lowest BCUT2D eigenvalue weighted by Crippen LogP contribution is -2.14. The molecular formula is C24H20FN3O4S2. The highest BCUT2D eigenvalue weighted by Crippen LogP contribution is 2.27. The number of sulfonamides is 1. The lowest BCUT2D eigenvalue weighted by molar-refractivity contribution is 0.102. The zero-order valence-corrected chi connectivity index (χ0v) is 19.6. The molecular weight excluding hydrogens is 477 g/mol. The van der Waals surface area contributed by atoms with E-state index in [0.29, 0.717) is 17.3 Å². The summed E-state index contributed by atoms with van der Waals surface area (Å²) < 4.78 is 45.7. The number of carbonyl (C=O) groups is 1. The van der Waals surface area contributed by atoms with E-state index in [4.69, 9.17) is 4.74 Å². The van der Waals surface area contributed by atoms with Crippen molar-refractivity contribution >= 4 is 38.1 Å². The van der Waals surface area contributed by atoms with E-state index in [-0.39, 0.29) is 16.5 Å². The number of hydrogen-bond donors (Lipinski definition) is 2. The second kappa shape index (κ2) is 10.0. The molecule has 0 saturated heterocycles. The molecule has 174 valence electrons. The summed E-state index contributed by atoms with van der Waals surface area (Å²) in [7, 11) is -3.87. The van der Waals surface area contributed by atoms with E-state index in [1.54, 1.807) is 0 Å². The minimum Gasteiger partial charge on any atom is -0.494 e. The topological polar surface area (TPSA) is 97.4 Å². The Hall–Kier alpha value is -3.76. The van der Waals surface area contributed by atoms with Crippen molar-refractivity contribution < 1.29 is 22.3 Å². The van der Waals surface area contributed by atoms with E-state index in [2.05, 4.69) is 15.0 Å². The standard InChI is InChI=1S/C24H20FN3O4S2/c1-2-32-20-11-5-16(6-12-20)22-15-33-24(26-22)27-23(29)17-3-9-19(10-4-17)28-34(30,31)21-13-7-18(25)8-14-21/h3-15,28H,2H2,1H3,(H,26,27,29). The van der Waals surface area contributed by atoms with Gasteiger partial charge >= 0.3 is 0 Å². The Morgan fingerprint density at radius 3 is 2.32 bits per heavy atom. The Morgan fingerprint density at radius 2 is 1.68 bits per heavy atom. The van der Waals surface area contributed by atoms with Crippen molar-refractivity contribution in [2.45, 2.75) is 11.8 Å². The molecule has 1 aromatic heterocycles. The third-order valence-corrected chi connectivity index (χ3v) is 6.86. The molecule has 0 radical (unpaired) electrons. The normalized spacial score (nSPS) is 11.1. The molecule has 1 heterocycles. The highest BCUT2D eigenvalue weighted by Gasteiger charge is 2.15. The van der Waals surface area contributed by atoms with Crippen LogP contribution in [0.2, 0.25) is 0 Å². The first-order valence-corrected chi connectivity index (χ1v) is 12.6. The van der Waals surface area contributed by atoms with E-state index in [1.807, 2.05) is 36.6 Å². The number of hydrogen-bond acceptors (Lipinski definition) is 6. The summed E-state index contributed by atoms with van der Waals surface area (Å²) in [6, 6.07) is 18.0. The first-order chi connectivity index (χ1) is 16.3. The molecule has 0 aliphatic rings. The fourth-order valence-corrected chi connectivity index (χ4v) is 4.81. The third-order valence-electron chi connectivity index (χ3n) is 4.71. The van der Waals surface area contributed by atoms with Crippen LogP contribution in [0.3, 0.4) is 0 Å². The first-order valence-electron chi connectivity index (χ1n) is 10.2. The van der Waals surface area contributed by atoms with Gasteiger partial charge in [0.2, 0.25) is 0 Å². The largest absolute Gasteiger partial charge is 0.494 e. The summed E-state index contributed by atoms with van der Waals surface area (Å²) in [6.07, 6.45) is 0. The Labute approximate surface area is 200 Å². The number of nitrogens with one attached hydrogen (secondary N) is 2. The molecule has 0 spiro atoms. The summed E-state index contributed by atoms with van der Waals surface area (Å²) in [6.45, 7) is 2.51. The summed E-state index contributed by atoms with van der Waals surface area (Å²) in [5.74, 6) is -0.125. The van der Waals surface area contributed by atoms with E-state index < -0.39 is 15.8 Å². The molecule has 2 N–H and O–H groups in total. The number of thiazole rings is 1. The molecule has 4 aromatic rings. The van der Waals surface area contributed by atoms with Gasteiger partial charge in [-0.1, -0.05) is 0 Å². The molecule has 0 aliphatic heterocycles. The minimum absolute atomic E-state index is 0.0668. The molecule has 0 fully saturated rings. The molecule has 0 atom stereocenters. The summed E-state index contributed by atoms with van der Waals surface area (Å²) >= 11 is 1.30. The molecule has 0 saturated carbocycles. The number of halogens is 1. The van der Waals surface area contributed by atoms with E-state index in [9.17, 15) is 17.6 Å². The van der Waals surface area contributed by atoms with Crippen molar-refractivity contribution in [3.8, 4) is 17.0 Å². The van der Waals surface area contributed by atoms with Crippen LogP contribution in [-0.4, -0.2) is 25.9 Å². The van der Waals surface area contributed by atoms with Crippen molar-refractivity contribution in [3.05, 3.63) is 89.6 Å². The van der Waals surface area contributed by atoms with Crippen LogP contribution in [0.5, 0.6) is 5.75 Å². The van der Waals surface area contributed by atoms with E-state index >= 15 is 0 Å². The van der Waals surface area contributed by atoms with Crippen molar-refractivity contribution in [1.82, 2.24) is 4.98 Å². The average Bonchev–Trinajstić information content (AvgIpc) is 3.29. The second-order valence-corrected chi connectivity index (χ2v) is 9.63. The second-order valence-electron chi connectivity index (χ2n) is 7.09. The van der Waals surface area contributed by atoms with Crippen LogP contribution in [0.25, 0.3) is 11.3 Å². The Bertz CT molecular complexity index is 1390. The Balaban J connectivity index is 1.40. The van der Waals surface area contributed by atoms with Gasteiger partial charge in [-0.3, -0.25) is 14.8 Å². The number of anilines is 2. The quantitative estimate of drug-likeness (QED) is 0.340. The van der Waals surface area contributed by atoms with Crippen LogP contribution in [0, 0.1) is 5.82 Å². The number of nitrogens with zero attached hydrogens (tertiary/aromatic N) is 1. The number of aromatic nitrogens is 1. The molecule has 0 bridgehead atoms. The smallest absolute Gasteiger partial charge is 0.261 e. The van der Waals surface area contributed by atoms with Gasteiger partial charge in [-0.25, -0.2) is 17.8 Å². The molecule has 7 nitrogen and oxygen atoms in total. The maximum absolute atomic E-state index is 13.0. The third kappa shape index (κ3) is 5.59. The lowest BCUT2D eigenvalue weighted by Gasteiger charge is -2.09. The molecule has 0 unspecified atom stereocenters. The summed E-state index contributed by atoms with van der Waals surface area (Å²) in [5.41, 5.74) is 2.24. The number of amides is 1. The van der Waals surface area contributed by atoms with Crippen LogP contribution in [0.1, 0.15) is 17.3 Å². The Kier molecular flexibility index (Phi) is 6.90. The van der Waals surface area contributed by atoms with Crippen molar-refractivity contribution in [3.63, 3.8) is 0 Å². The first kappa shape index (κ1) is 23.4. The van der Waals surface area contributed by atoms with Crippen LogP contribution >= 0.6 is 11.3 Å². The number of benzene rings is 3. The van der Waals surface area contributed by atoms with Gasteiger partial charge in [-0.05, 0) is 79.7 Å². The van der Waals surface area contributed by atoms with Gasteiger partial charge in [0.05, 0.1) is 17.2 Å². The van der Waals surface area contributed by atoms with Gasteiger partial charge in [0, 0.05) is 22.2 Å². The van der Waals surface area contributed by atoms with Crippen molar-refractivity contribution in [1.29, 1.82) is 0 Å². The number of rotatable bonds is 8. The highest BCUT2D eigenvalue weighted by molar-refractivity contribution is 7.92. The Morgan fingerprint density at radius 1 is 1.00 bits per heavy atom. The van der Waals surface area contributed by atoms with Gasteiger partial charge in [0.15, 0.2) is 5.13 Å². The highest BCUT2D eigenvalue weighted by atomic mass is 32.2. The monoisotopic (exact) mass is 497 g/mol. The maximum atomic E-state index is 13.0. The maximum Gasteiger partial charge on any atom is 0.261 e. The van der Waals surface area contributed by atoms with Gasteiger partial charge in [0.1, 0.15) is 11.6 Å². The summed E-state index contributed by atoms with van der Waals surface area (Å²) in [4.78, 5) is 17.0. The van der Waals surface area contributed by atoms with Crippen LogP contribution < -0.4 is 14.8 Å². The number of ether oxygens (including phenoxy) is 1. The van der Waals surface area contributed by atoms with Crippen LogP contribution in [0.15, 0.2) is 83.1 Å². The van der Waals surface area contributed by atoms with Crippen LogP contribution in [0.4, 0.5) is 15.2 Å². The van der Waals surface area contributed by atoms with Crippen LogP contribution in [-0.2, 0) is 10.0 Å². The molecule has 0 aliphatic carbocycles. The van der Waals surface area contributed by atoms with Gasteiger partial charge in [0.25, 0.3) is 15.9 Å². The SMILES string of the molecule is CCOc1ccc(-c2csc(NC(=O)c3ccc(NS(=O)(=O)c4ccc(F)cc4)cc3)n2)cc1. The fourth-order valence-electron chi connectivity index (χ4n) is 3.04. The fraction of sp³-hybridized carbons (Fsp3) is 0.0833. The average molecular weight is 498 g/mol. The molecule has 4 rings (SSSR count). The zero-order chi connectivity index (χ0) is 24.1. The minimum atomic E-state index is -3.87. The summed E-state index contributed by atoms with van der Waals surface area (Å²) in [5, 5.41) is 5.03.